The Hall–Kier alpha value is -2.09. The van der Waals surface area contributed by atoms with Crippen molar-refractivity contribution >= 4 is 5.91 Å². The fourth-order valence-electron chi connectivity index (χ4n) is 1.93. The molecule has 1 unspecified atom stereocenters. The van der Waals surface area contributed by atoms with E-state index in [0.717, 1.165) is 12.8 Å². The van der Waals surface area contributed by atoms with E-state index in [1.165, 1.54) is 6.42 Å². The summed E-state index contributed by atoms with van der Waals surface area (Å²) in [5.41, 5.74) is 0.145. The maximum atomic E-state index is 12.2. The first-order valence-corrected chi connectivity index (χ1v) is 7.23. The molecule has 1 aromatic heterocycles. The van der Waals surface area contributed by atoms with Crippen molar-refractivity contribution in [3.05, 3.63) is 23.9 Å². The SMILES string of the molecule is CC(C)(C)C(C#N)NC(=O)c1ccnc(OC2CCC2)c1. The summed E-state index contributed by atoms with van der Waals surface area (Å²) >= 11 is 0. The van der Waals surface area contributed by atoms with Crippen molar-refractivity contribution in [1.82, 2.24) is 10.3 Å². The predicted molar refractivity (Wildman–Crippen MR) is 78.8 cm³/mol. The van der Waals surface area contributed by atoms with Gasteiger partial charge >= 0.3 is 0 Å². The van der Waals surface area contributed by atoms with E-state index in [4.69, 9.17) is 10.00 Å². The minimum Gasteiger partial charge on any atom is -0.474 e. The van der Waals surface area contributed by atoms with Crippen LogP contribution in [0.5, 0.6) is 5.88 Å². The molecule has 1 aliphatic rings. The minimum absolute atomic E-state index is 0.220. The van der Waals surface area contributed by atoms with Crippen LogP contribution in [-0.2, 0) is 0 Å². The van der Waals surface area contributed by atoms with Gasteiger partial charge in [-0.3, -0.25) is 4.79 Å². The zero-order valence-corrected chi connectivity index (χ0v) is 12.7. The second-order valence-corrected chi connectivity index (χ2v) is 6.46. The Morgan fingerprint density at radius 2 is 2.24 bits per heavy atom. The molecule has 0 spiro atoms. The lowest BCUT2D eigenvalue weighted by atomic mass is 9.87. The van der Waals surface area contributed by atoms with E-state index < -0.39 is 6.04 Å². The molecule has 112 valence electrons. The first-order valence-electron chi connectivity index (χ1n) is 7.23. The molecule has 2 rings (SSSR count). The van der Waals surface area contributed by atoms with E-state index in [1.807, 2.05) is 20.8 Å². The van der Waals surface area contributed by atoms with Gasteiger partial charge in [0.05, 0.1) is 6.07 Å². The number of ether oxygens (including phenoxy) is 1. The number of hydrogen-bond acceptors (Lipinski definition) is 4. The summed E-state index contributed by atoms with van der Waals surface area (Å²) in [5, 5.41) is 11.9. The van der Waals surface area contributed by atoms with Crippen LogP contribution in [0.25, 0.3) is 0 Å². The Morgan fingerprint density at radius 3 is 2.76 bits per heavy atom. The highest BCUT2D eigenvalue weighted by Crippen LogP contribution is 2.24. The van der Waals surface area contributed by atoms with Crippen LogP contribution in [0.1, 0.15) is 50.4 Å². The maximum Gasteiger partial charge on any atom is 0.252 e. The Balaban J connectivity index is 2.05. The molecule has 1 aliphatic carbocycles. The van der Waals surface area contributed by atoms with Crippen LogP contribution in [-0.4, -0.2) is 23.0 Å². The Kier molecular flexibility index (Phi) is 4.46. The summed E-state index contributed by atoms with van der Waals surface area (Å²) in [6.45, 7) is 5.75. The van der Waals surface area contributed by atoms with Gasteiger partial charge in [0.2, 0.25) is 5.88 Å². The molecule has 0 bridgehead atoms. The first-order chi connectivity index (χ1) is 9.90. The van der Waals surface area contributed by atoms with Gasteiger partial charge in [0.25, 0.3) is 5.91 Å². The van der Waals surface area contributed by atoms with Crippen molar-refractivity contribution in [1.29, 1.82) is 5.26 Å². The molecule has 1 heterocycles. The third-order valence-corrected chi connectivity index (χ3v) is 3.61. The number of aromatic nitrogens is 1. The topological polar surface area (TPSA) is 75.0 Å². The molecule has 1 fully saturated rings. The number of amides is 1. The average Bonchev–Trinajstić information content (AvgIpc) is 2.39. The number of rotatable bonds is 4. The second-order valence-electron chi connectivity index (χ2n) is 6.46. The van der Waals surface area contributed by atoms with Crippen LogP contribution in [0.15, 0.2) is 18.3 Å². The van der Waals surface area contributed by atoms with Crippen LogP contribution >= 0.6 is 0 Å². The largest absolute Gasteiger partial charge is 0.474 e. The first kappa shape index (κ1) is 15.3. The molecule has 0 aliphatic heterocycles. The lowest BCUT2D eigenvalue weighted by Gasteiger charge is -2.26. The molecule has 1 aromatic rings. The van der Waals surface area contributed by atoms with Gasteiger partial charge in [-0.15, -0.1) is 0 Å². The highest BCUT2D eigenvalue weighted by atomic mass is 16.5. The van der Waals surface area contributed by atoms with Crippen molar-refractivity contribution in [2.24, 2.45) is 5.41 Å². The van der Waals surface area contributed by atoms with Crippen molar-refractivity contribution in [3.8, 4) is 11.9 Å². The number of carbonyl (C=O) groups excluding carboxylic acids is 1. The van der Waals surface area contributed by atoms with Gasteiger partial charge in [0.1, 0.15) is 12.1 Å². The Labute approximate surface area is 125 Å². The quantitative estimate of drug-likeness (QED) is 0.923. The zero-order valence-electron chi connectivity index (χ0n) is 12.7. The van der Waals surface area contributed by atoms with E-state index >= 15 is 0 Å². The smallest absolute Gasteiger partial charge is 0.252 e. The van der Waals surface area contributed by atoms with Gasteiger partial charge in [0, 0.05) is 17.8 Å². The number of pyridine rings is 1. The summed E-state index contributed by atoms with van der Waals surface area (Å²) in [6, 6.07) is 4.84. The van der Waals surface area contributed by atoms with Gasteiger partial charge in [-0.25, -0.2) is 4.98 Å². The van der Waals surface area contributed by atoms with Gasteiger partial charge in [-0.05, 0) is 30.7 Å². The van der Waals surface area contributed by atoms with Crippen LogP contribution in [0.2, 0.25) is 0 Å². The van der Waals surface area contributed by atoms with Gasteiger partial charge in [0.15, 0.2) is 0 Å². The van der Waals surface area contributed by atoms with Crippen LogP contribution in [0.4, 0.5) is 0 Å². The molecule has 1 N–H and O–H groups in total. The second kappa shape index (κ2) is 6.13. The summed E-state index contributed by atoms with van der Waals surface area (Å²) in [4.78, 5) is 16.4. The predicted octanol–water partition coefficient (Wildman–Crippen LogP) is 2.68. The monoisotopic (exact) mass is 287 g/mol. The average molecular weight is 287 g/mol. The van der Waals surface area contributed by atoms with Gasteiger partial charge in [-0.1, -0.05) is 20.8 Å². The molecule has 1 saturated carbocycles. The number of hydrogen-bond donors (Lipinski definition) is 1. The third-order valence-electron chi connectivity index (χ3n) is 3.61. The Bertz CT molecular complexity index is 553. The summed E-state index contributed by atoms with van der Waals surface area (Å²) < 4.78 is 5.68. The van der Waals surface area contributed by atoms with Crippen molar-refractivity contribution in [2.45, 2.75) is 52.2 Å². The van der Waals surface area contributed by atoms with Crippen molar-refractivity contribution in [2.75, 3.05) is 0 Å². The fraction of sp³-hybridized carbons (Fsp3) is 0.562. The summed E-state index contributed by atoms with van der Waals surface area (Å²) in [6.07, 6.45) is 5.04. The van der Waals surface area contributed by atoms with Gasteiger partial charge in [-0.2, -0.15) is 5.26 Å². The minimum atomic E-state index is -0.547. The highest BCUT2D eigenvalue weighted by Gasteiger charge is 2.26. The fourth-order valence-corrected chi connectivity index (χ4v) is 1.93. The number of nitrogens with one attached hydrogen (secondary N) is 1. The molecular weight excluding hydrogens is 266 g/mol. The van der Waals surface area contributed by atoms with E-state index in [1.54, 1.807) is 18.3 Å². The molecule has 1 amide bonds. The summed E-state index contributed by atoms with van der Waals surface area (Å²) in [5.74, 6) is 0.189. The van der Waals surface area contributed by atoms with E-state index in [9.17, 15) is 4.79 Å². The standard InChI is InChI=1S/C16H21N3O2/c1-16(2,3)13(10-17)19-15(20)11-7-8-18-14(9-11)21-12-5-4-6-12/h7-9,12-13H,4-6H2,1-3H3,(H,19,20). The Morgan fingerprint density at radius 1 is 1.52 bits per heavy atom. The number of nitrogens with zero attached hydrogens (tertiary/aromatic N) is 2. The third kappa shape index (κ3) is 3.94. The molecule has 5 nitrogen and oxygen atoms in total. The van der Waals surface area contributed by atoms with E-state index in [2.05, 4.69) is 16.4 Å². The molecular formula is C16H21N3O2. The zero-order chi connectivity index (χ0) is 15.5. The van der Waals surface area contributed by atoms with Crippen molar-refractivity contribution < 1.29 is 9.53 Å². The number of nitriles is 1. The maximum absolute atomic E-state index is 12.2. The molecule has 5 heteroatoms. The van der Waals surface area contributed by atoms with E-state index in [0.29, 0.717) is 11.4 Å². The lowest BCUT2D eigenvalue weighted by molar-refractivity contribution is 0.0917. The van der Waals surface area contributed by atoms with Crippen LogP contribution in [0, 0.1) is 16.7 Å². The van der Waals surface area contributed by atoms with Crippen molar-refractivity contribution in [3.63, 3.8) is 0 Å². The molecule has 0 radical (unpaired) electrons. The number of carbonyl (C=O) groups is 1. The van der Waals surface area contributed by atoms with Crippen LogP contribution < -0.4 is 10.1 Å². The lowest BCUT2D eigenvalue weighted by Crippen LogP contribution is -2.42. The molecule has 1 atom stereocenters. The highest BCUT2D eigenvalue weighted by molar-refractivity contribution is 5.94. The molecule has 0 saturated heterocycles. The molecule has 21 heavy (non-hydrogen) atoms. The van der Waals surface area contributed by atoms with Crippen LogP contribution in [0.3, 0.4) is 0 Å². The van der Waals surface area contributed by atoms with Gasteiger partial charge < -0.3 is 10.1 Å². The normalized spacial score (nSPS) is 16.5. The summed E-state index contributed by atoms with van der Waals surface area (Å²) in [7, 11) is 0. The van der Waals surface area contributed by atoms with E-state index in [-0.39, 0.29) is 17.4 Å². The molecule has 0 aromatic carbocycles.